The van der Waals surface area contributed by atoms with Gasteiger partial charge in [-0.3, -0.25) is 9.59 Å². The molecule has 26 heavy (non-hydrogen) atoms. The van der Waals surface area contributed by atoms with Gasteiger partial charge in [-0.05, 0) is 30.5 Å². The van der Waals surface area contributed by atoms with Crippen molar-refractivity contribution in [2.24, 2.45) is 11.8 Å². The maximum absolute atomic E-state index is 12.7. The number of carbonyl (C=O) groups is 2. The minimum Gasteiger partial charge on any atom is -0.480 e. The van der Waals surface area contributed by atoms with Crippen molar-refractivity contribution < 1.29 is 19.8 Å². The number of hydrogen-bond acceptors (Lipinski definition) is 6. The van der Waals surface area contributed by atoms with Crippen molar-refractivity contribution in [3.63, 3.8) is 0 Å². The Kier molecular flexibility index (Phi) is 6.89. The maximum Gasteiger partial charge on any atom is 0.323 e. The van der Waals surface area contributed by atoms with Crippen LogP contribution in [0.2, 0.25) is 0 Å². The van der Waals surface area contributed by atoms with E-state index in [4.69, 9.17) is 5.26 Å². The average molecular weight is 377 g/mol. The molecule has 2 rings (SSSR count). The summed E-state index contributed by atoms with van der Waals surface area (Å²) in [4.78, 5) is 25.5. The first kappa shape index (κ1) is 20.1. The van der Waals surface area contributed by atoms with E-state index in [-0.39, 0.29) is 18.4 Å². The van der Waals surface area contributed by atoms with Crippen LogP contribution in [-0.2, 0) is 16.2 Å². The number of carboxylic acids is 1. The smallest absolute Gasteiger partial charge is 0.323 e. The van der Waals surface area contributed by atoms with Gasteiger partial charge in [0.1, 0.15) is 5.37 Å². The Bertz CT molecular complexity index is 706. The zero-order valence-corrected chi connectivity index (χ0v) is 15.6. The molecule has 1 aliphatic heterocycles. The van der Waals surface area contributed by atoms with Crippen LogP contribution < -0.4 is 5.32 Å². The van der Waals surface area contributed by atoms with E-state index < -0.39 is 22.5 Å². The molecule has 4 atom stereocenters. The van der Waals surface area contributed by atoms with Crippen LogP contribution in [0.1, 0.15) is 19.4 Å². The number of nitrogens with one attached hydrogen (secondary N) is 1. The SMILES string of the molecule is CCN1C(=O)C(C(C)CNc2cccc(CO)c2)SC1C(C#N)C(=O)O. The normalized spacial score (nSPS) is 21.9. The molecule has 8 heteroatoms. The summed E-state index contributed by atoms with van der Waals surface area (Å²) in [6, 6.07) is 9.19. The molecule has 0 aliphatic carbocycles. The molecule has 0 radical (unpaired) electrons. The number of benzene rings is 1. The molecule has 140 valence electrons. The summed E-state index contributed by atoms with van der Waals surface area (Å²) >= 11 is 1.26. The van der Waals surface area contributed by atoms with Crippen LogP contribution in [0.25, 0.3) is 0 Å². The molecule has 1 saturated heterocycles. The number of rotatable bonds is 8. The van der Waals surface area contributed by atoms with Gasteiger partial charge in [0.25, 0.3) is 0 Å². The number of aliphatic hydroxyl groups is 1. The number of thioether (sulfide) groups is 1. The Morgan fingerprint density at radius 1 is 1.50 bits per heavy atom. The van der Waals surface area contributed by atoms with Gasteiger partial charge in [-0.1, -0.05) is 19.1 Å². The molecule has 0 bridgehead atoms. The van der Waals surface area contributed by atoms with Crippen LogP contribution in [0.5, 0.6) is 0 Å². The number of nitrogens with zero attached hydrogens (tertiary/aromatic N) is 2. The molecule has 1 aromatic rings. The number of anilines is 1. The van der Waals surface area contributed by atoms with E-state index in [1.807, 2.05) is 31.2 Å². The van der Waals surface area contributed by atoms with Crippen LogP contribution >= 0.6 is 11.8 Å². The summed E-state index contributed by atoms with van der Waals surface area (Å²) in [7, 11) is 0. The van der Waals surface area contributed by atoms with Crippen molar-refractivity contribution in [2.75, 3.05) is 18.4 Å². The first-order valence-corrected chi connectivity index (χ1v) is 9.39. The van der Waals surface area contributed by atoms with Gasteiger partial charge in [0, 0.05) is 18.8 Å². The molecule has 4 unspecified atom stereocenters. The van der Waals surface area contributed by atoms with Gasteiger partial charge in [-0.2, -0.15) is 5.26 Å². The lowest BCUT2D eigenvalue weighted by Gasteiger charge is -2.23. The fourth-order valence-electron chi connectivity index (χ4n) is 2.95. The van der Waals surface area contributed by atoms with Gasteiger partial charge in [-0.15, -0.1) is 11.8 Å². The third kappa shape index (κ3) is 4.29. The zero-order valence-electron chi connectivity index (χ0n) is 14.8. The fourth-order valence-corrected chi connectivity index (χ4v) is 4.60. The summed E-state index contributed by atoms with van der Waals surface area (Å²) in [5, 5.41) is 29.8. The van der Waals surface area contributed by atoms with Gasteiger partial charge in [0.05, 0.1) is 17.9 Å². The van der Waals surface area contributed by atoms with Gasteiger partial charge in [0.2, 0.25) is 5.91 Å². The van der Waals surface area contributed by atoms with Crippen LogP contribution in [-0.4, -0.2) is 50.7 Å². The highest BCUT2D eigenvalue weighted by molar-refractivity contribution is 8.01. The van der Waals surface area contributed by atoms with E-state index in [0.29, 0.717) is 13.1 Å². The Balaban J connectivity index is 2.06. The maximum atomic E-state index is 12.7. The summed E-state index contributed by atoms with van der Waals surface area (Å²) in [5.41, 5.74) is 1.65. The van der Waals surface area contributed by atoms with Gasteiger partial charge < -0.3 is 20.4 Å². The van der Waals surface area contributed by atoms with Crippen LogP contribution in [0.15, 0.2) is 24.3 Å². The Hall–Kier alpha value is -2.24. The molecule has 0 spiro atoms. The summed E-state index contributed by atoms with van der Waals surface area (Å²) in [6.45, 7) is 4.56. The topological polar surface area (TPSA) is 114 Å². The van der Waals surface area contributed by atoms with Gasteiger partial charge in [0.15, 0.2) is 5.92 Å². The van der Waals surface area contributed by atoms with Gasteiger partial charge >= 0.3 is 5.97 Å². The number of amides is 1. The van der Waals surface area contributed by atoms with Gasteiger partial charge in [-0.25, -0.2) is 0 Å². The molecule has 1 amide bonds. The van der Waals surface area contributed by atoms with E-state index in [0.717, 1.165) is 11.3 Å². The van der Waals surface area contributed by atoms with Crippen molar-refractivity contribution >= 4 is 29.3 Å². The van der Waals surface area contributed by atoms with E-state index in [9.17, 15) is 19.8 Å². The molecule has 1 fully saturated rings. The summed E-state index contributed by atoms with van der Waals surface area (Å²) in [6.07, 6.45) is 0. The molecule has 1 aromatic carbocycles. The standard InChI is InChI=1S/C18H23N3O4S/c1-3-21-16(23)15(26-17(21)14(8-19)18(24)25)11(2)9-20-13-6-4-5-12(7-13)10-22/h4-7,11,14-15,17,20,22H,3,9-10H2,1-2H3,(H,24,25). The fraction of sp³-hybridized carbons (Fsp3) is 0.500. The lowest BCUT2D eigenvalue weighted by atomic mass is 10.1. The van der Waals surface area contributed by atoms with Crippen LogP contribution in [0.3, 0.4) is 0 Å². The molecule has 1 aliphatic rings. The predicted octanol–water partition coefficient (Wildman–Crippen LogP) is 1.74. The second-order valence-electron chi connectivity index (χ2n) is 6.23. The largest absolute Gasteiger partial charge is 0.480 e. The van der Waals surface area contributed by atoms with E-state index in [2.05, 4.69) is 5.32 Å². The van der Waals surface area contributed by atoms with Crippen molar-refractivity contribution in [3.8, 4) is 6.07 Å². The summed E-state index contributed by atoms with van der Waals surface area (Å²) in [5.74, 6) is -2.63. The molecule has 0 aromatic heterocycles. The third-order valence-corrected chi connectivity index (χ3v) is 6.17. The van der Waals surface area contributed by atoms with Crippen LogP contribution in [0.4, 0.5) is 5.69 Å². The van der Waals surface area contributed by atoms with Crippen molar-refractivity contribution in [1.82, 2.24) is 4.90 Å². The Morgan fingerprint density at radius 2 is 2.23 bits per heavy atom. The van der Waals surface area contributed by atoms with Crippen LogP contribution in [0, 0.1) is 23.2 Å². The van der Waals surface area contributed by atoms with Crippen molar-refractivity contribution in [1.29, 1.82) is 5.26 Å². The predicted molar refractivity (Wildman–Crippen MR) is 99.3 cm³/mol. The Morgan fingerprint density at radius 3 is 2.81 bits per heavy atom. The number of nitriles is 1. The first-order chi connectivity index (χ1) is 12.4. The second kappa shape index (κ2) is 8.92. The number of carboxylic acid groups (broad SMARTS) is 1. The highest BCUT2D eigenvalue weighted by Crippen LogP contribution is 2.39. The highest BCUT2D eigenvalue weighted by Gasteiger charge is 2.47. The first-order valence-electron chi connectivity index (χ1n) is 8.44. The van der Waals surface area contributed by atoms with E-state index >= 15 is 0 Å². The molecule has 7 nitrogen and oxygen atoms in total. The van der Waals surface area contributed by atoms with Crippen molar-refractivity contribution in [2.45, 2.75) is 31.1 Å². The molecular formula is C18H23N3O4S. The number of carbonyl (C=O) groups excluding carboxylic acids is 1. The number of aliphatic carboxylic acids is 1. The third-order valence-electron chi connectivity index (χ3n) is 4.41. The van der Waals surface area contributed by atoms with E-state index in [1.54, 1.807) is 13.0 Å². The quantitative estimate of drug-likeness (QED) is 0.632. The highest BCUT2D eigenvalue weighted by atomic mass is 32.2. The lowest BCUT2D eigenvalue weighted by Crippen LogP contribution is -2.41. The average Bonchev–Trinajstić information content (AvgIpc) is 2.96. The van der Waals surface area contributed by atoms with E-state index in [1.165, 1.54) is 16.7 Å². The molecule has 1 heterocycles. The minimum atomic E-state index is -1.24. The molecule has 3 N–H and O–H groups in total. The lowest BCUT2D eigenvalue weighted by molar-refractivity contribution is -0.141. The zero-order chi connectivity index (χ0) is 19.3. The number of aliphatic hydroxyl groups excluding tert-OH is 1. The minimum absolute atomic E-state index is 0.0418. The monoisotopic (exact) mass is 377 g/mol. The molecular weight excluding hydrogens is 354 g/mol. The second-order valence-corrected chi connectivity index (χ2v) is 7.50. The number of hydrogen-bond donors (Lipinski definition) is 3. The Labute approximate surface area is 157 Å². The summed E-state index contributed by atoms with van der Waals surface area (Å²) < 4.78 is 0. The molecule has 0 saturated carbocycles. The van der Waals surface area contributed by atoms with Crippen molar-refractivity contribution in [3.05, 3.63) is 29.8 Å².